The first-order chi connectivity index (χ1) is 14.7. The summed E-state index contributed by atoms with van der Waals surface area (Å²) < 4.78 is 32.8. The van der Waals surface area contributed by atoms with Crippen LogP contribution in [-0.4, -0.2) is 39.9 Å². The van der Waals surface area contributed by atoms with Crippen molar-refractivity contribution in [3.05, 3.63) is 59.2 Å². The third kappa shape index (κ3) is 6.97. The second-order valence-corrected chi connectivity index (χ2v) is 9.45. The molecule has 0 aromatic heterocycles. The maximum absolute atomic E-state index is 11.3. The van der Waals surface area contributed by atoms with E-state index >= 15 is 0 Å². The number of rotatable bonds is 10. The van der Waals surface area contributed by atoms with Gasteiger partial charge in [-0.25, -0.2) is 0 Å². The molecule has 2 atom stereocenters. The topological polar surface area (TPSA) is 105 Å². The maximum Gasteiger partial charge on any atom is 0.306 e. The number of hydrogen-bond donors (Lipinski definition) is 1. The number of benzene rings is 2. The summed E-state index contributed by atoms with van der Waals surface area (Å²) >= 11 is 0. The second kappa shape index (κ2) is 10.2. The molecule has 168 valence electrons. The number of fused-ring (bicyclic) bond motifs is 1. The minimum absolute atomic E-state index is 0.279. The lowest BCUT2D eigenvalue weighted by Crippen LogP contribution is -2.39. The van der Waals surface area contributed by atoms with Gasteiger partial charge in [-0.2, -0.15) is 8.42 Å². The average Bonchev–Trinajstić information content (AvgIpc) is 2.71. The van der Waals surface area contributed by atoms with Gasteiger partial charge in [0, 0.05) is 25.3 Å². The molecule has 7 nitrogen and oxygen atoms in total. The third-order valence-electron chi connectivity index (χ3n) is 5.36. The van der Waals surface area contributed by atoms with Crippen molar-refractivity contribution in [3.63, 3.8) is 0 Å². The molecule has 8 heteroatoms. The number of carboxylic acid groups (broad SMARTS) is 1. The van der Waals surface area contributed by atoms with Crippen molar-refractivity contribution in [2.24, 2.45) is 5.92 Å². The molecule has 1 aliphatic carbocycles. The zero-order chi connectivity index (χ0) is 22.4. The smallest absolute Gasteiger partial charge is 0.306 e. The van der Waals surface area contributed by atoms with Crippen molar-refractivity contribution in [3.8, 4) is 5.75 Å². The molecule has 2 unspecified atom stereocenters. The number of carboxylic acids is 1. The highest BCUT2D eigenvalue weighted by atomic mass is 32.2. The van der Waals surface area contributed by atoms with Gasteiger partial charge in [0.2, 0.25) is 0 Å². The molecule has 0 amide bonds. The Morgan fingerprint density at radius 1 is 1.19 bits per heavy atom. The first-order valence-electron chi connectivity index (χ1n) is 10.4. The normalized spacial score (nSPS) is 16.9. The van der Waals surface area contributed by atoms with Crippen LogP contribution >= 0.6 is 0 Å². The molecule has 2 aromatic carbocycles. The number of aliphatic carboxylic acids is 1. The number of carbonyl (C=O) groups is 1. The van der Waals surface area contributed by atoms with Crippen molar-refractivity contribution in [2.45, 2.75) is 38.7 Å². The predicted octanol–water partition coefficient (Wildman–Crippen LogP) is 1.94. The number of ether oxygens (including phenoxy) is 1. The van der Waals surface area contributed by atoms with Crippen LogP contribution in [0.4, 0.5) is 5.69 Å². The van der Waals surface area contributed by atoms with Crippen molar-refractivity contribution < 1.29 is 27.2 Å². The van der Waals surface area contributed by atoms with Crippen LogP contribution in [0.2, 0.25) is 0 Å². The van der Waals surface area contributed by atoms with E-state index in [1.165, 1.54) is 5.56 Å². The largest absolute Gasteiger partial charge is 0.547 e. The van der Waals surface area contributed by atoms with Crippen LogP contribution in [0.3, 0.4) is 0 Å². The highest BCUT2D eigenvalue weighted by Gasteiger charge is 2.20. The lowest BCUT2D eigenvalue weighted by atomic mass is 9.84. The lowest BCUT2D eigenvalue weighted by Gasteiger charge is -2.25. The summed E-state index contributed by atoms with van der Waals surface area (Å²) in [7, 11) is -3.52. The van der Waals surface area contributed by atoms with Crippen molar-refractivity contribution in [1.29, 1.82) is 0 Å². The van der Waals surface area contributed by atoms with Gasteiger partial charge in [0.1, 0.15) is 11.9 Å². The summed E-state index contributed by atoms with van der Waals surface area (Å²) in [6, 6.07) is 13.2. The van der Waals surface area contributed by atoms with E-state index in [1.807, 2.05) is 36.4 Å². The van der Waals surface area contributed by atoms with Crippen molar-refractivity contribution in [1.82, 2.24) is 0 Å². The van der Waals surface area contributed by atoms with E-state index in [-0.39, 0.29) is 6.42 Å². The van der Waals surface area contributed by atoms with Gasteiger partial charge in [-0.3, -0.25) is 0 Å². The fraction of sp³-hybridized carbons (Fsp3) is 0.435. The molecule has 0 bridgehead atoms. The van der Waals surface area contributed by atoms with Gasteiger partial charge in [-0.15, -0.1) is 0 Å². The van der Waals surface area contributed by atoms with Gasteiger partial charge in [-0.1, -0.05) is 18.2 Å². The Labute approximate surface area is 183 Å². The van der Waals surface area contributed by atoms with Crippen LogP contribution in [0.15, 0.2) is 42.5 Å². The molecular weight excluding hydrogens is 418 g/mol. The molecule has 0 heterocycles. The Hall–Kier alpha value is -2.58. The predicted molar refractivity (Wildman–Crippen MR) is 116 cm³/mol. The fourth-order valence-electron chi connectivity index (χ4n) is 3.85. The van der Waals surface area contributed by atoms with Crippen LogP contribution in [0.25, 0.3) is 0 Å². The summed E-state index contributed by atoms with van der Waals surface area (Å²) in [5, 5.41) is 14.6. The van der Waals surface area contributed by atoms with Crippen LogP contribution in [0.1, 0.15) is 30.0 Å². The molecule has 2 aromatic rings. The number of hydrogen-bond acceptors (Lipinski definition) is 7. The number of anilines is 1. The molecule has 0 saturated carbocycles. The molecule has 3 rings (SSSR count). The molecule has 0 aliphatic heterocycles. The van der Waals surface area contributed by atoms with Gasteiger partial charge in [0.15, 0.2) is 0 Å². The van der Waals surface area contributed by atoms with E-state index in [0.29, 0.717) is 18.3 Å². The van der Waals surface area contributed by atoms with E-state index in [1.54, 1.807) is 13.0 Å². The van der Waals surface area contributed by atoms with Crippen molar-refractivity contribution in [2.75, 3.05) is 24.7 Å². The molecule has 1 aliphatic rings. The number of nitrogens with one attached hydrogen (secondary N) is 1. The van der Waals surface area contributed by atoms with E-state index < -0.39 is 22.2 Å². The summed E-state index contributed by atoms with van der Waals surface area (Å²) in [5.74, 6) is -0.367. The van der Waals surface area contributed by atoms with Gasteiger partial charge in [0.25, 0.3) is 0 Å². The lowest BCUT2D eigenvalue weighted by molar-refractivity contribution is -0.316. The van der Waals surface area contributed by atoms with E-state index in [0.717, 1.165) is 48.9 Å². The zero-order valence-electron chi connectivity index (χ0n) is 17.8. The third-order valence-corrected chi connectivity index (χ3v) is 5.85. The average molecular weight is 447 g/mol. The molecule has 1 N–H and O–H groups in total. The van der Waals surface area contributed by atoms with E-state index in [9.17, 15) is 18.3 Å². The summed E-state index contributed by atoms with van der Waals surface area (Å²) in [4.78, 5) is 11.1. The zero-order valence-corrected chi connectivity index (χ0v) is 18.6. The second-order valence-electron chi connectivity index (χ2n) is 7.87. The SMILES string of the molecule is CCOC(Cc1ccc(NCC2CCc3cc(OS(C)(=O)=O)ccc3C2)cc1)C(=O)[O-]. The van der Waals surface area contributed by atoms with Crippen LogP contribution < -0.4 is 14.6 Å². The van der Waals surface area contributed by atoms with Gasteiger partial charge in [0.05, 0.1) is 12.2 Å². The fourth-order valence-corrected chi connectivity index (χ4v) is 4.31. The Morgan fingerprint density at radius 2 is 1.94 bits per heavy atom. The van der Waals surface area contributed by atoms with Crippen molar-refractivity contribution >= 4 is 21.8 Å². The Morgan fingerprint density at radius 3 is 2.58 bits per heavy atom. The maximum atomic E-state index is 11.3. The molecule has 0 spiro atoms. The van der Waals surface area contributed by atoms with Gasteiger partial charge < -0.3 is 24.1 Å². The summed E-state index contributed by atoms with van der Waals surface area (Å²) in [5.41, 5.74) is 4.22. The highest BCUT2D eigenvalue weighted by Crippen LogP contribution is 2.29. The van der Waals surface area contributed by atoms with Gasteiger partial charge >= 0.3 is 10.1 Å². The molecule has 31 heavy (non-hydrogen) atoms. The monoisotopic (exact) mass is 446 g/mol. The minimum Gasteiger partial charge on any atom is -0.547 e. The highest BCUT2D eigenvalue weighted by molar-refractivity contribution is 7.86. The summed E-state index contributed by atoms with van der Waals surface area (Å²) in [6.45, 7) is 2.91. The molecular formula is C23H28NO6S-. The Bertz CT molecular complexity index is 1000. The quantitative estimate of drug-likeness (QED) is 0.556. The van der Waals surface area contributed by atoms with Crippen LogP contribution in [-0.2, 0) is 38.9 Å². The molecule has 0 radical (unpaired) electrons. The first kappa shape index (κ1) is 23.1. The summed E-state index contributed by atoms with van der Waals surface area (Å²) in [6.07, 6.45) is 3.18. The first-order valence-corrected chi connectivity index (χ1v) is 12.2. The standard InChI is InChI=1S/C23H29NO6S/c1-3-29-22(23(25)26)13-16-5-9-20(10-6-16)24-15-17-4-7-19-14-21(30-31(2,27)28)11-8-18(19)12-17/h5-6,8-11,14,17,22,24H,3-4,7,12-13,15H2,1-2H3,(H,25,26)/p-1. The van der Waals surface area contributed by atoms with E-state index in [2.05, 4.69) is 5.32 Å². The van der Waals surface area contributed by atoms with Crippen LogP contribution in [0.5, 0.6) is 5.75 Å². The Balaban J connectivity index is 1.52. The number of carbonyl (C=O) groups excluding carboxylic acids is 1. The Kier molecular flexibility index (Phi) is 7.56. The number of aryl methyl sites for hydroxylation is 1. The van der Waals surface area contributed by atoms with Crippen LogP contribution in [0, 0.1) is 5.92 Å². The van der Waals surface area contributed by atoms with E-state index in [4.69, 9.17) is 8.92 Å². The molecule has 0 saturated heterocycles. The van der Waals surface area contributed by atoms with Gasteiger partial charge in [-0.05, 0) is 73.1 Å². The molecule has 0 fully saturated rings. The minimum atomic E-state index is -3.52.